The zero-order chi connectivity index (χ0) is 6.57. The summed E-state index contributed by atoms with van der Waals surface area (Å²) in [6.07, 6.45) is 2.77. The summed E-state index contributed by atoms with van der Waals surface area (Å²) in [5, 5.41) is 13.6. The molecule has 8 heavy (non-hydrogen) atoms. The molecule has 3 heteroatoms. The summed E-state index contributed by atoms with van der Waals surface area (Å²) >= 11 is 2.92. The zero-order valence-corrected chi connectivity index (χ0v) is 6.12. The number of hydrogen-bond acceptors (Lipinski definition) is 2. The number of hydrogen-bond donors (Lipinski definition) is 2. The van der Waals surface area contributed by atoms with Crippen molar-refractivity contribution in [1.82, 2.24) is 0 Å². The fourth-order valence-electron chi connectivity index (χ4n) is 0.242. The van der Waals surface area contributed by atoms with Gasteiger partial charge in [-0.2, -0.15) is 0 Å². The van der Waals surface area contributed by atoms with Crippen LogP contribution >= 0.6 is 15.9 Å². The highest BCUT2D eigenvalue weighted by Gasteiger charge is 1.81. The minimum absolute atomic E-state index is 0.304. The Bertz CT molecular complexity index is 137. The first-order chi connectivity index (χ1) is 3.66. The van der Waals surface area contributed by atoms with Gasteiger partial charge in [-0.1, -0.05) is 0 Å². The van der Waals surface area contributed by atoms with Crippen LogP contribution in [0.2, 0.25) is 0 Å². The number of halogens is 1. The van der Waals surface area contributed by atoms with Crippen LogP contribution in [0.15, 0.2) is 11.6 Å². The quantitative estimate of drug-likeness (QED) is 0.602. The van der Waals surface area contributed by atoms with Crippen LogP contribution in [0.1, 0.15) is 6.92 Å². The second-order valence-electron chi connectivity index (χ2n) is 1.38. The van der Waals surface area contributed by atoms with Crippen LogP contribution in [-0.2, 0) is 0 Å². The van der Waals surface area contributed by atoms with E-state index >= 15 is 0 Å². The maximum absolute atomic E-state index is 6.86. The third-order valence-electron chi connectivity index (χ3n) is 0.582. The normalized spacial score (nSPS) is 11.0. The van der Waals surface area contributed by atoms with E-state index in [0.717, 1.165) is 5.57 Å². The molecule has 0 aliphatic carbocycles. The van der Waals surface area contributed by atoms with Gasteiger partial charge in [-0.3, -0.25) is 5.41 Å². The topological polar surface area (TPSA) is 47.7 Å². The van der Waals surface area contributed by atoms with Gasteiger partial charge in [0.25, 0.3) is 0 Å². The molecule has 2 N–H and O–H groups in total. The highest BCUT2D eigenvalue weighted by Crippen LogP contribution is 1.92. The first-order valence-corrected chi connectivity index (χ1v) is 2.89. The summed E-state index contributed by atoms with van der Waals surface area (Å²) < 4.78 is 0.304. The Morgan fingerprint density at radius 2 is 2.12 bits per heavy atom. The Hall–Kier alpha value is -0.440. The second-order valence-corrected chi connectivity index (χ2v) is 2.23. The molecule has 0 aliphatic heterocycles. The van der Waals surface area contributed by atoms with Crippen molar-refractivity contribution in [3.63, 3.8) is 0 Å². The molecule has 0 saturated heterocycles. The Kier molecular flexibility index (Phi) is 3.35. The molecular weight excluding hydrogens is 168 g/mol. The van der Waals surface area contributed by atoms with Crippen LogP contribution in [0.5, 0.6) is 0 Å². The predicted molar refractivity (Wildman–Crippen MR) is 39.2 cm³/mol. The van der Waals surface area contributed by atoms with E-state index in [9.17, 15) is 0 Å². The average molecular weight is 175 g/mol. The molecule has 0 fully saturated rings. The van der Waals surface area contributed by atoms with Gasteiger partial charge in [0, 0.05) is 6.21 Å². The minimum Gasteiger partial charge on any atom is -0.308 e. The molecule has 0 atom stereocenters. The molecule has 44 valence electrons. The summed E-state index contributed by atoms with van der Waals surface area (Å²) in [7, 11) is 0. The lowest BCUT2D eigenvalue weighted by atomic mass is 10.3. The highest BCUT2D eigenvalue weighted by molar-refractivity contribution is 9.18. The van der Waals surface area contributed by atoms with E-state index in [1.54, 1.807) is 13.0 Å². The zero-order valence-electron chi connectivity index (χ0n) is 4.53. The Balaban J connectivity index is 3.94. The maximum atomic E-state index is 6.86. The van der Waals surface area contributed by atoms with Crippen molar-refractivity contribution in [1.29, 1.82) is 10.8 Å². The lowest BCUT2D eigenvalue weighted by Gasteiger charge is -1.83. The van der Waals surface area contributed by atoms with Gasteiger partial charge in [0.2, 0.25) is 0 Å². The van der Waals surface area contributed by atoms with E-state index in [4.69, 9.17) is 10.8 Å². The van der Waals surface area contributed by atoms with Crippen molar-refractivity contribution >= 4 is 26.8 Å². The summed E-state index contributed by atoms with van der Waals surface area (Å²) in [6, 6.07) is 0. The van der Waals surface area contributed by atoms with Crippen LogP contribution in [0.25, 0.3) is 0 Å². The second kappa shape index (κ2) is 3.55. The molecule has 0 unspecified atom stereocenters. The SMILES string of the molecule is C/C(C=N)=C/C(=N)Br. The summed E-state index contributed by atoms with van der Waals surface area (Å²) in [5.74, 6) is 0. The number of allylic oxidation sites excluding steroid dienone is 2. The fraction of sp³-hybridized carbons (Fsp3) is 0.200. The highest BCUT2D eigenvalue weighted by atomic mass is 79.9. The van der Waals surface area contributed by atoms with Crippen molar-refractivity contribution in [3.8, 4) is 0 Å². The predicted octanol–water partition coefficient (Wildman–Crippen LogP) is 1.95. The third-order valence-corrected chi connectivity index (χ3v) is 0.811. The molecular formula is C5H7BrN2. The van der Waals surface area contributed by atoms with E-state index < -0.39 is 0 Å². The standard InChI is InChI=1S/C5H7BrN2/c1-4(3-7)2-5(6)8/h2-3,7-8H,1H3/b4-2-,7-3?,8-5?. The van der Waals surface area contributed by atoms with E-state index in [2.05, 4.69) is 15.9 Å². The van der Waals surface area contributed by atoms with E-state index in [0.29, 0.717) is 4.62 Å². The Morgan fingerprint density at radius 1 is 1.62 bits per heavy atom. The maximum Gasteiger partial charge on any atom is 0.0969 e. The van der Waals surface area contributed by atoms with Crippen LogP contribution < -0.4 is 0 Å². The van der Waals surface area contributed by atoms with Crippen molar-refractivity contribution in [3.05, 3.63) is 11.6 Å². The number of nitrogens with one attached hydrogen (secondary N) is 2. The van der Waals surface area contributed by atoms with Gasteiger partial charge in [-0.25, -0.2) is 0 Å². The molecule has 0 aliphatic rings. The molecule has 0 rings (SSSR count). The van der Waals surface area contributed by atoms with Crippen LogP contribution in [0, 0.1) is 10.8 Å². The van der Waals surface area contributed by atoms with Gasteiger partial charge in [-0.15, -0.1) is 0 Å². The molecule has 0 aromatic rings. The molecule has 0 saturated carbocycles. The molecule has 0 bridgehead atoms. The van der Waals surface area contributed by atoms with Crippen molar-refractivity contribution in [2.24, 2.45) is 0 Å². The van der Waals surface area contributed by atoms with Gasteiger partial charge in [0.05, 0.1) is 4.62 Å². The average Bonchev–Trinajstić information content (AvgIpc) is 1.65. The number of rotatable bonds is 2. The molecule has 0 aromatic carbocycles. The summed E-state index contributed by atoms with van der Waals surface area (Å²) in [4.78, 5) is 0. The fourth-order valence-corrected chi connectivity index (χ4v) is 0.603. The first kappa shape index (κ1) is 7.56. The molecule has 0 aromatic heterocycles. The monoisotopic (exact) mass is 174 g/mol. The van der Waals surface area contributed by atoms with Crippen LogP contribution in [0.3, 0.4) is 0 Å². The molecule has 0 radical (unpaired) electrons. The Morgan fingerprint density at radius 3 is 2.25 bits per heavy atom. The smallest absolute Gasteiger partial charge is 0.0969 e. The van der Waals surface area contributed by atoms with E-state index in [1.807, 2.05) is 0 Å². The first-order valence-electron chi connectivity index (χ1n) is 2.09. The third kappa shape index (κ3) is 3.74. The van der Waals surface area contributed by atoms with Gasteiger partial charge in [0.1, 0.15) is 0 Å². The van der Waals surface area contributed by atoms with Crippen molar-refractivity contribution in [2.45, 2.75) is 6.92 Å². The van der Waals surface area contributed by atoms with Crippen LogP contribution in [-0.4, -0.2) is 10.8 Å². The van der Waals surface area contributed by atoms with Gasteiger partial charge in [0.15, 0.2) is 0 Å². The molecule has 0 amide bonds. The van der Waals surface area contributed by atoms with E-state index in [1.165, 1.54) is 6.21 Å². The lowest BCUT2D eigenvalue weighted by molar-refractivity contribution is 1.50. The lowest BCUT2D eigenvalue weighted by Crippen LogP contribution is -1.79. The Labute approximate surface area is 56.7 Å². The van der Waals surface area contributed by atoms with E-state index in [-0.39, 0.29) is 0 Å². The largest absolute Gasteiger partial charge is 0.308 e. The van der Waals surface area contributed by atoms with Gasteiger partial charge in [-0.05, 0) is 34.5 Å². The molecule has 0 heterocycles. The summed E-state index contributed by atoms with van der Waals surface area (Å²) in [6.45, 7) is 1.77. The van der Waals surface area contributed by atoms with Crippen LogP contribution in [0.4, 0.5) is 0 Å². The van der Waals surface area contributed by atoms with Gasteiger partial charge >= 0.3 is 0 Å². The summed E-state index contributed by atoms with van der Waals surface area (Å²) in [5.41, 5.74) is 0.770. The van der Waals surface area contributed by atoms with Gasteiger partial charge < -0.3 is 5.41 Å². The molecule has 0 spiro atoms. The van der Waals surface area contributed by atoms with Crippen molar-refractivity contribution in [2.75, 3.05) is 0 Å². The molecule has 2 nitrogen and oxygen atoms in total. The van der Waals surface area contributed by atoms with Crippen molar-refractivity contribution < 1.29 is 0 Å². The minimum atomic E-state index is 0.304.